The number of hydrogen-bond donors (Lipinski definition) is 2. The van der Waals surface area contributed by atoms with Crippen LogP contribution in [0.1, 0.15) is 11.1 Å². The van der Waals surface area contributed by atoms with Crippen molar-refractivity contribution < 1.29 is 9.53 Å². The molecule has 3 N–H and O–H groups in total. The number of fused-ring (bicyclic) bond motifs is 1. The quantitative estimate of drug-likeness (QED) is 0.854. The molecular weight excluding hydrogens is 278 g/mol. The van der Waals surface area contributed by atoms with Gasteiger partial charge in [-0.2, -0.15) is 0 Å². The van der Waals surface area contributed by atoms with Crippen molar-refractivity contribution in [2.75, 3.05) is 26.2 Å². The Balaban J connectivity index is 1.85. The molecule has 1 saturated heterocycles. The van der Waals surface area contributed by atoms with Crippen LogP contribution < -0.4 is 15.8 Å². The van der Waals surface area contributed by atoms with Gasteiger partial charge in [-0.3, -0.25) is 9.69 Å². The van der Waals surface area contributed by atoms with Crippen LogP contribution in [-0.4, -0.2) is 43.1 Å². The molecule has 5 nitrogen and oxygen atoms in total. The highest BCUT2D eigenvalue weighted by Gasteiger charge is 2.28. The number of carbonyl (C=O) groups is 1. The molecule has 20 heavy (non-hydrogen) atoms. The topological polar surface area (TPSA) is 67.6 Å². The summed E-state index contributed by atoms with van der Waals surface area (Å²) in [6.07, 6.45) is 0.893. The Labute approximate surface area is 123 Å². The van der Waals surface area contributed by atoms with Crippen LogP contribution in [0.2, 0.25) is 5.02 Å². The van der Waals surface area contributed by atoms with Gasteiger partial charge in [0.25, 0.3) is 0 Å². The molecular formula is C14H18ClN3O2. The molecule has 0 radical (unpaired) electrons. The van der Waals surface area contributed by atoms with E-state index in [1.165, 1.54) is 0 Å². The number of hydrogen-bond acceptors (Lipinski definition) is 4. The lowest BCUT2D eigenvalue weighted by atomic mass is 10.1. The van der Waals surface area contributed by atoms with E-state index in [2.05, 4.69) is 10.2 Å². The van der Waals surface area contributed by atoms with E-state index in [1.54, 1.807) is 0 Å². The number of piperazine rings is 1. The summed E-state index contributed by atoms with van der Waals surface area (Å²) in [4.78, 5) is 13.6. The van der Waals surface area contributed by atoms with Gasteiger partial charge in [-0.1, -0.05) is 11.6 Å². The van der Waals surface area contributed by atoms with Crippen molar-refractivity contribution in [3.63, 3.8) is 0 Å². The number of amides is 1. The molecule has 0 bridgehead atoms. The van der Waals surface area contributed by atoms with Crippen molar-refractivity contribution in [2.45, 2.75) is 19.0 Å². The van der Waals surface area contributed by atoms with Crippen molar-refractivity contribution in [1.82, 2.24) is 10.2 Å². The smallest absolute Gasteiger partial charge is 0.236 e. The van der Waals surface area contributed by atoms with Gasteiger partial charge in [-0.15, -0.1) is 0 Å². The third-order valence-electron chi connectivity index (χ3n) is 3.88. The van der Waals surface area contributed by atoms with Gasteiger partial charge in [0.1, 0.15) is 11.8 Å². The Morgan fingerprint density at radius 1 is 1.55 bits per heavy atom. The van der Waals surface area contributed by atoms with Crippen LogP contribution in [-0.2, 0) is 17.8 Å². The Bertz CT molecular complexity index is 535. The molecule has 0 aromatic heterocycles. The number of benzene rings is 1. The van der Waals surface area contributed by atoms with Crippen molar-refractivity contribution in [3.05, 3.63) is 28.3 Å². The van der Waals surface area contributed by atoms with Gasteiger partial charge in [-0.25, -0.2) is 0 Å². The Morgan fingerprint density at radius 3 is 3.20 bits per heavy atom. The van der Waals surface area contributed by atoms with Crippen LogP contribution in [0.3, 0.4) is 0 Å². The zero-order valence-electron chi connectivity index (χ0n) is 11.2. The summed E-state index contributed by atoms with van der Waals surface area (Å²) in [5.74, 6) is 0.632. The Hall–Kier alpha value is -1.30. The van der Waals surface area contributed by atoms with E-state index < -0.39 is 0 Å². The predicted molar refractivity (Wildman–Crippen MR) is 76.9 cm³/mol. The number of rotatable bonds is 3. The van der Waals surface area contributed by atoms with E-state index in [-0.39, 0.29) is 11.9 Å². The molecule has 0 spiro atoms. The lowest BCUT2D eigenvalue weighted by molar-refractivity contribution is -0.124. The van der Waals surface area contributed by atoms with E-state index in [9.17, 15) is 4.79 Å². The first-order valence-electron chi connectivity index (χ1n) is 6.83. The van der Waals surface area contributed by atoms with E-state index >= 15 is 0 Å². The second-order valence-electron chi connectivity index (χ2n) is 5.24. The summed E-state index contributed by atoms with van der Waals surface area (Å²) < 4.78 is 5.70. The molecule has 0 aliphatic carbocycles. The normalized spacial score (nSPS) is 22.4. The van der Waals surface area contributed by atoms with Gasteiger partial charge in [0.2, 0.25) is 5.91 Å². The van der Waals surface area contributed by atoms with Crippen molar-refractivity contribution >= 4 is 17.5 Å². The van der Waals surface area contributed by atoms with Gasteiger partial charge in [0, 0.05) is 43.2 Å². The summed E-state index contributed by atoms with van der Waals surface area (Å²) in [6.45, 7) is 3.57. The maximum Gasteiger partial charge on any atom is 0.236 e. The van der Waals surface area contributed by atoms with Crippen molar-refractivity contribution in [2.24, 2.45) is 5.73 Å². The molecule has 108 valence electrons. The van der Waals surface area contributed by atoms with E-state index in [0.717, 1.165) is 41.4 Å². The van der Waals surface area contributed by atoms with Gasteiger partial charge >= 0.3 is 0 Å². The van der Waals surface area contributed by atoms with Gasteiger partial charge in [-0.05, 0) is 17.7 Å². The molecule has 3 rings (SSSR count). The number of nitrogens with zero attached hydrogens (tertiary/aromatic N) is 1. The van der Waals surface area contributed by atoms with E-state index in [1.807, 2.05) is 12.1 Å². The Morgan fingerprint density at radius 2 is 2.40 bits per heavy atom. The van der Waals surface area contributed by atoms with Crippen LogP contribution in [0.5, 0.6) is 5.75 Å². The number of halogens is 1. The third kappa shape index (κ3) is 2.61. The fraction of sp³-hybridized carbons (Fsp3) is 0.500. The summed E-state index contributed by atoms with van der Waals surface area (Å²) in [5.41, 5.74) is 7.67. The maximum absolute atomic E-state index is 11.5. The number of nitrogens with one attached hydrogen (secondary N) is 1. The fourth-order valence-electron chi connectivity index (χ4n) is 2.90. The second kappa shape index (κ2) is 5.60. The fourth-order valence-corrected chi connectivity index (χ4v) is 3.16. The zero-order chi connectivity index (χ0) is 14.1. The largest absolute Gasteiger partial charge is 0.493 e. The number of primary amides is 1. The lowest BCUT2D eigenvalue weighted by Gasteiger charge is -2.34. The Kier molecular flexibility index (Phi) is 3.83. The summed E-state index contributed by atoms with van der Waals surface area (Å²) in [7, 11) is 0. The molecule has 1 unspecified atom stereocenters. The number of ether oxygens (including phenoxy) is 1. The number of nitrogens with two attached hydrogens (primary N) is 1. The minimum Gasteiger partial charge on any atom is -0.493 e. The molecule has 6 heteroatoms. The SMILES string of the molecule is NC(=O)C1CNCCN1Cc1cc(Cl)cc2c1OCC2. The van der Waals surface area contributed by atoms with E-state index in [4.69, 9.17) is 22.1 Å². The highest BCUT2D eigenvalue weighted by Crippen LogP contribution is 2.33. The highest BCUT2D eigenvalue weighted by atomic mass is 35.5. The molecule has 2 aliphatic heterocycles. The van der Waals surface area contributed by atoms with Crippen LogP contribution in [0.15, 0.2) is 12.1 Å². The van der Waals surface area contributed by atoms with Crippen molar-refractivity contribution in [3.8, 4) is 5.75 Å². The first-order valence-corrected chi connectivity index (χ1v) is 7.21. The van der Waals surface area contributed by atoms with Crippen LogP contribution in [0.4, 0.5) is 0 Å². The molecule has 1 aromatic rings. The average molecular weight is 296 g/mol. The average Bonchev–Trinajstić information content (AvgIpc) is 2.87. The first-order chi connectivity index (χ1) is 9.65. The maximum atomic E-state index is 11.5. The molecule has 1 atom stereocenters. The molecule has 1 fully saturated rings. The molecule has 0 saturated carbocycles. The summed E-state index contributed by atoms with van der Waals surface area (Å²) in [6, 6.07) is 3.60. The number of carbonyl (C=O) groups excluding carboxylic acids is 1. The van der Waals surface area contributed by atoms with Gasteiger partial charge in [0.15, 0.2) is 0 Å². The van der Waals surface area contributed by atoms with Crippen LogP contribution in [0.25, 0.3) is 0 Å². The molecule has 1 aromatic carbocycles. The minimum absolute atomic E-state index is 0.278. The first kappa shape index (κ1) is 13.7. The summed E-state index contributed by atoms with van der Waals surface area (Å²) >= 11 is 6.17. The van der Waals surface area contributed by atoms with Crippen LogP contribution in [0, 0.1) is 0 Å². The molecule has 2 aliphatic rings. The van der Waals surface area contributed by atoms with Gasteiger partial charge < -0.3 is 15.8 Å². The highest BCUT2D eigenvalue weighted by molar-refractivity contribution is 6.30. The zero-order valence-corrected chi connectivity index (χ0v) is 11.9. The molecule has 1 amide bonds. The minimum atomic E-state index is -0.295. The van der Waals surface area contributed by atoms with Crippen molar-refractivity contribution in [1.29, 1.82) is 0 Å². The van der Waals surface area contributed by atoms with E-state index in [0.29, 0.717) is 19.7 Å². The van der Waals surface area contributed by atoms with Gasteiger partial charge in [0.05, 0.1) is 6.61 Å². The second-order valence-corrected chi connectivity index (χ2v) is 5.68. The predicted octanol–water partition coefficient (Wildman–Crippen LogP) is 0.534. The summed E-state index contributed by atoms with van der Waals surface area (Å²) in [5, 5.41) is 3.91. The monoisotopic (exact) mass is 295 g/mol. The van der Waals surface area contributed by atoms with Crippen LogP contribution >= 0.6 is 11.6 Å². The standard InChI is InChI=1S/C14H18ClN3O2/c15-11-5-9-1-4-20-13(9)10(6-11)8-18-3-2-17-7-12(18)14(16)19/h5-6,12,17H,1-4,7-8H2,(H2,16,19). The molecule has 2 heterocycles. The third-order valence-corrected chi connectivity index (χ3v) is 4.10. The lowest BCUT2D eigenvalue weighted by Crippen LogP contribution is -2.56.